The standard InChI is InChI=1S/C23H25ClN8O3/c1-30-12-13-31(21(33)14-30)17-6-8-19(28-22(17)15-2-4-16(24)5-3-15)26-10-11-27-20-9-7-18(32(34)35)23(25)29-20/h2-9H,10-14H2,1H3,(H,26,28)(H3,25,27,29). The van der Waals surface area contributed by atoms with Gasteiger partial charge in [0.25, 0.3) is 0 Å². The zero-order valence-corrected chi connectivity index (χ0v) is 19.8. The normalized spacial score (nSPS) is 14.1. The van der Waals surface area contributed by atoms with Crippen LogP contribution in [0.4, 0.5) is 28.8 Å². The molecule has 11 nitrogen and oxygen atoms in total. The average Bonchev–Trinajstić information content (AvgIpc) is 2.82. The molecule has 2 aromatic heterocycles. The first-order valence-electron chi connectivity index (χ1n) is 11.0. The Hall–Kier alpha value is -3.96. The predicted molar refractivity (Wildman–Crippen MR) is 137 cm³/mol. The van der Waals surface area contributed by atoms with Crippen LogP contribution in [0.1, 0.15) is 0 Å². The van der Waals surface area contributed by atoms with Crippen molar-refractivity contribution in [2.24, 2.45) is 0 Å². The smallest absolute Gasteiger partial charge is 0.311 e. The van der Waals surface area contributed by atoms with Crippen LogP contribution < -0.4 is 21.3 Å². The van der Waals surface area contributed by atoms with Crippen LogP contribution in [0.2, 0.25) is 5.02 Å². The van der Waals surface area contributed by atoms with Crippen LogP contribution >= 0.6 is 11.6 Å². The summed E-state index contributed by atoms with van der Waals surface area (Å²) < 4.78 is 0. The Morgan fingerprint density at radius 1 is 1.03 bits per heavy atom. The van der Waals surface area contributed by atoms with Gasteiger partial charge in [-0.15, -0.1) is 0 Å². The van der Waals surface area contributed by atoms with Crippen molar-refractivity contribution in [2.45, 2.75) is 0 Å². The van der Waals surface area contributed by atoms with Gasteiger partial charge in [0.15, 0.2) is 0 Å². The summed E-state index contributed by atoms with van der Waals surface area (Å²) in [6.45, 7) is 2.69. The number of nitro groups is 1. The fourth-order valence-corrected chi connectivity index (χ4v) is 3.86. The molecule has 1 aromatic carbocycles. The van der Waals surface area contributed by atoms with E-state index in [4.69, 9.17) is 22.3 Å². The van der Waals surface area contributed by atoms with Crippen LogP contribution in [0, 0.1) is 10.1 Å². The number of anilines is 4. The van der Waals surface area contributed by atoms with Crippen molar-refractivity contribution in [1.82, 2.24) is 14.9 Å². The minimum Gasteiger partial charge on any atom is -0.378 e. The summed E-state index contributed by atoms with van der Waals surface area (Å²) in [7, 11) is 1.93. The van der Waals surface area contributed by atoms with E-state index in [0.29, 0.717) is 48.5 Å². The summed E-state index contributed by atoms with van der Waals surface area (Å²) in [6.07, 6.45) is 0. The topological polar surface area (TPSA) is 143 Å². The van der Waals surface area contributed by atoms with E-state index in [1.807, 2.05) is 36.2 Å². The Morgan fingerprint density at radius 2 is 1.69 bits per heavy atom. The van der Waals surface area contributed by atoms with E-state index in [2.05, 4.69) is 15.6 Å². The first-order chi connectivity index (χ1) is 16.8. The number of nitrogen functional groups attached to an aromatic ring is 1. The Kier molecular flexibility index (Phi) is 7.28. The van der Waals surface area contributed by atoms with Crippen LogP contribution in [0.25, 0.3) is 11.3 Å². The molecule has 1 aliphatic heterocycles. The van der Waals surface area contributed by atoms with Gasteiger partial charge >= 0.3 is 5.69 Å². The molecule has 35 heavy (non-hydrogen) atoms. The number of amides is 1. The number of carbonyl (C=O) groups is 1. The molecule has 1 saturated heterocycles. The van der Waals surface area contributed by atoms with E-state index in [0.717, 1.165) is 17.8 Å². The average molecular weight is 497 g/mol. The Morgan fingerprint density at radius 3 is 2.31 bits per heavy atom. The number of aromatic nitrogens is 2. The summed E-state index contributed by atoms with van der Waals surface area (Å²) in [6, 6.07) is 13.9. The number of nitrogens with one attached hydrogen (secondary N) is 2. The van der Waals surface area contributed by atoms with E-state index in [9.17, 15) is 14.9 Å². The number of hydrogen-bond donors (Lipinski definition) is 3. The van der Waals surface area contributed by atoms with E-state index in [1.165, 1.54) is 12.1 Å². The highest BCUT2D eigenvalue weighted by atomic mass is 35.5. The van der Waals surface area contributed by atoms with Crippen molar-refractivity contribution >= 4 is 46.3 Å². The summed E-state index contributed by atoms with van der Waals surface area (Å²) in [5, 5.41) is 17.8. The Balaban J connectivity index is 1.48. The number of benzene rings is 1. The number of nitrogens with zero attached hydrogens (tertiary/aromatic N) is 5. The lowest BCUT2D eigenvalue weighted by molar-refractivity contribution is -0.384. The van der Waals surface area contributed by atoms with Crippen molar-refractivity contribution in [1.29, 1.82) is 0 Å². The highest BCUT2D eigenvalue weighted by Gasteiger charge is 2.26. The van der Waals surface area contributed by atoms with Crippen LogP contribution in [0.15, 0.2) is 48.5 Å². The predicted octanol–water partition coefficient (Wildman–Crippen LogP) is 3.09. The van der Waals surface area contributed by atoms with Crippen molar-refractivity contribution < 1.29 is 9.72 Å². The monoisotopic (exact) mass is 496 g/mol. The SMILES string of the molecule is CN1CCN(c2ccc(NCCNc3ccc([N+](=O)[O-])c(N)n3)nc2-c2ccc(Cl)cc2)C(=O)C1. The van der Waals surface area contributed by atoms with Gasteiger partial charge in [-0.05, 0) is 37.4 Å². The van der Waals surface area contributed by atoms with Crippen molar-refractivity contribution in [3.63, 3.8) is 0 Å². The van der Waals surface area contributed by atoms with Gasteiger partial charge in [0.05, 0.1) is 22.8 Å². The largest absolute Gasteiger partial charge is 0.378 e. The van der Waals surface area contributed by atoms with Crippen molar-refractivity contribution in [3.8, 4) is 11.3 Å². The van der Waals surface area contributed by atoms with Crippen LogP contribution in [0.3, 0.4) is 0 Å². The first kappa shape index (κ1) is 24.2. The molecule has 0 bridgehead atoms. The number of pyridine rings is 2. The van der Waals surface area contributed by atoms with E-state index in [-0.39, 0.29) is 17.4 Å². The third-order valence-electron chi connectivity index (χ3n) is 5.53. The number of hydrogen-bond acceptors (Lipinski definition) is 9. The molecule has 0 atom stereocenters. The molecule has 4 rings (SSSR count). The number of piperazine rings is 1. The summed E-state index contributed by atoms with van der Waals surface area (Å²) in [5.41, 5.74) is 7.69. The Bertz CT molecular complexity index is 1240. The number of carbonyl (C=O) groups excluding carboxylic acids is 1. The maximum atomic E-state index is 12.7. The van der Waals surface area contributed by atoms with Gasteiger partial charge in [0.2, 0.25) is 11.7 Å². The fraction of sp³-hybridized carbons (Fsp3) is 0.261. The fourth-order valence-electron chi connectivity index (χ4n) is 3.74. The second-order valence-corrected chi connectivity index (χ2v) is 8.50. The molecule has 1 amide bonds. The van der Waals surface area contributed by atoms with Gasteiger partial charge in [0.1, 0.15) is 11.6 Å². The van der Waals surface area contributed by atoms with E-state index in [1.54, 1.807) is 17.0 Å². The van der Waals surface area contributed by atoms with Gasteiger partial charge in [-0.2, -0.15) is 0 Å². The zero-order chi connectivity index (χ0) is 24.9. The third kappa shape index (κ3) is 5.76. The molecule has 182 valence electrons. The number of rotatable bonds is 8. The maximum Gasteiger partial charge on any atom is 0.311 e. The molecule has 0 aliphatic carbocycles. The van der Waals surface area contributed by atoms with Gasteiger partial charge < -0.3 is 21.3 Å². The number of halogens is 1. The van der Waals surface area contributed by atoms with Gasteiger partial charge in [0, 0.05) is 42.8 Å². The highest BCUT2D eigenvalue weighted by Crippen LogP contribution is 2.32. The summed E-state index contributed by atoms with van der Waals surface area (Å²) >= 11 is 6.07. The van der Waals surface area contributed by atoms with Crippen LogP contribution in [0.5, 0.6) is 0 Å². The van der Waals surface area contributed by atoms with Crippen molar-refractivity contribution in [3.05, 3.63) is 63.7 Å². The molecular formula is C23H25ClN8O3. The van der Waals surface area contributed by atoms with Gasteiger partial charge in [-0.1, -0.05) is 23.7 Å². The molecule has 0 spiro atoms. The molecule has 1 aliphatic rings. The highest BCUT2D eigenvalue weighted by molar-refractivity contribution is 6.30. The maximum absolute atomic E-state index is 12.7. The molecule has 0 saturated carbocycles. The van der Waals surface area contributed by atoms with Crippen molar-refractivity contribution in [2.75, 3.05) is 61.0 Å². The second kappa shape index (κ2) is 10.5. The number of nitrogens with two attached hydrogens (primary N) is 1. The molecule has 1 fully saturated rings. The first-order valence-corrected chi connectivity index (χ1v) is 11.3. The molecule has 4 N–H and O–H groups in total. The molecular weight excluding hydrogens is 472 g/mol. The molecule has 0 unspecified atom stereocenters. The molecule has 0 radical (unpaired) electrons. The summed E-state index contributed by atoms with van der Waals surface area (Å²) in [5.74, 6) is 0.957. The summed E-state index contributed by atoms with van der Waals surface area (Å²) in [4.78, 5) is 35.6. The van der Waals surface area contributed by atoms with Crippen LogP contribution in [-0.4, -0.2) is 65.5 Å². The lowest BCUT2D eigenvalue weighted by Gasteiger charge is -2.33. The minimum atomic E-state index is -0.572. The molecule has 3 aromatic rings. The Labute approximate surface area is 207 Å². The zero-order valence-electron chi connectivity index (χ0n) is 19.1. The number of likely N-dealkylation sites (N-methyl/N-ethyl adjacent to an activating group) is 1. The molecule has 3 heterocycles. The van der Waals surface area contributed by atoms with Gasteiger partial charge in [-0.25, -0.2) is 9.97 Å². The quantitative estimate of drug-likeness (QED) is 0.243. The third-order valence-corrected chi connectivity index (χ3v) is 5.78. The van der Waals surface area contributed by atoms with Crippen LogP contribution in [-0.2, 0) is 4.79 Å². The minimum absolute atomic E-state index is 0.0237. The lowest BCUT2D eigenvalue weighted by atomic mass is 10.1. The van der Waals surface area contributed by atoms with Gasteiger partial charge in [-0.3, -0.25) is 19.8 Å². The second-order valence-electron chi connectivity index (χ2n) is 8.07. The van der Waals surface area contributed by atoms with E-state index >= 15 is 0 Å². The lowest BCUT2D eigenvalue weighted by Crippen LogP contribution is -2.49. The molecule has 12 heteroatoms. The van der Waals surface area contributed by atoms with E-state index < -0.39 is 4.92 Å².